The maximum atomic E-state index is 12.2. The van der Waals surface area contributed by atoms with Gasteiger partial charge >= 0.3 is 0 Å². The highest BCUT2D eigenvalue weighted by Crippen LogP contribution is 2.23. The van der Waals surface area contributed by atoms with Crippen LogP contribution in [0.3, 0.4) is 0 Å². The molecule has 0 saturated heterocycles. The van der Waals surface area contributed by atoms with E-state index in [1.807, 2.05) is 0 Å². The Labute approximate surface area is 184 Å². The monoisotopic (exact) mass is 450 g/mol. The van der Waals surface area contributed by atoms with Crippen molar-refractivity contribution in [1.29, 1.82) is 0 Å². The summed E-state index contributed by atoms with van der Waals surface area (Å²) < 4.78 is 30.8. The molecular weight excluding hydrogens is 420 g/mol. The van der Waals surface area contributed by atoms with E-state index in [0.717, 1.165) is 17.8 Å². The van der Waals surface area contributed by atoms with Gasteiger partial charge in [0, 0.05) is 37.1 Å². The van der Waals surface area contributed by atoms with Crippen LogP contribution >= 0.6 is 11.8 Å². The smallest absolute Gasteiger partial charge is 0.232 e. The zero-order valence-electron chi connectivity index (χ0n) is 17.8. The topological polar surface area (TPSA) is 75.7 Å². The first-order chi connectivity index (χ1) is 14.3. The lowest BCUT2D eigenvalue weighted by atomic mass is 10.2. The largest absolute Gasteiger partial charge is 0.497 e. The van der Waals surface area contributed by atoms with Gasteiger partial charge in [-0.25, -0.2) is 8.42 Å². The molecule has 0 unspecified atom stereocenters. The zero-order chi connectivity index (χ0) is 22.0. The zero-order valence-corrected chi connectivity index (χ0v) is 19.4. The van der Waals surface area contributed by atoms with E-state index < -0.39 is 10.0 Å². The van der Waals surface area contributed by atoms with Gasteiger partial charge in [0.25, 0.3) is 0 Å². The molecule has 2 aromatic rings. The lowest BCUT2D eigenvalue weighted by molar-refractivity contribution is -0.121. The van der Waals surface area contributed by atoms with Crippen LogP contribution in [0.25, 0.3) is 0 Å². The molecule has 0 spiro atoms. The van der Waals surface area contributed by atoms with E-state index in [2.05, 4.69) is 36.5 Å². The van der Waals surface area contributed by atoms with E-state index in [-0.39, 0.29) is 18.9 Å². The van der Waals surface area contributed by atoms with Gasteiger partial charge in [0.1, 0.15) is 5.75 Å². The average molecular weight is 451 g/mol. The van der Waals surface area contributed by atoms with Gasteiger partial charge in [-0.2, -0.15) is 11.8 Å². The molecule has 0 aliphatic carbocycles. The van der Waals surface area contributed by atoms with Crippen molar-refractivity contribution in [3.63, 3.8) is 0 Å². The molecule has 30 heavy (non-hydrogen) atoms. The average Bonchev–Trinajstić information content (AvgIpc) is 2.71. The number of hydrogen-bond donors (Lipinski definition) is 1. The summed E-state index contributed by atoms with van der Waals surface area (Å²) in [5.74, 6) is 2.27. The van der Waals surface area contributed by atoms with Crippen LogP contribution in [0.2, 0.25) is 0 Å². The number of amides is 1. The number of carbonyl (C=O) groups is 1. The Balaban J connectivity index is 1.71. The number of methoxy groups -OCH3 is 1. The molecule has 2 aromatic carbocycles. The van der Waals surface area contributed by atoms with Crippen LogP contribution in [0.1, 0.15) is 24.0 Å². The standard InChI is InChI=1S/C22H30N2O4S2/c1-18-9-11-19(12-10-18)17-29-15-13-23-22(25)8-5-14-24(30(3,26)27)20-6-4-7-21(16-20)28-2/h4,6-7,9-12,16H,5,8,13-15,17H2,1-3H3,(H,23,25). The number of sulfonamides is 1. The van der Waals surface area contributed by atoms with Crippen molar-refractivity contribution in [3.05, 3.63) is 59.7 Å². The van der Waals surface area contributed by atoms with Gasteiger partial charge in [0.2, 0.25) is 15.9 Å². The van der Waals surface area contributed by atoms with Crippen molar-refractivity contribution in [2.45, 2.75) is 25.5 Å². The highest BCUT2D eigenvalue weighted by atomic mass is 32.2. The van der Waals surface area contributed by atoms with Gasteiger partial charge in [0.05, 0.1) is 19.1 Å². The van der Waals surface area contributed by atoms with Crippen molar-refractivity contribution >= 4 is 33.4 Å². The summed E-state index contributed by atoms with van der Waals surface area (Å²) in [6, 6.07) is 15.3. The van der Waals surface area contributed by atoms with Crippen LogP contribution < -0.4 is 14.4 Å². The Kier molecular flexibility index (Phi) is 9.52. The van der Waals surface area contributed by atoms with Gasteiger partial charge < -0.3 is 10.1 Å². The molecule has 0 radical (unpaired) electrons. The van der Waals surface area contributed by atoms with Gasteiger partial charge in [-0.3, -0.25) is 9.10 Å². The Morgan fingerprint density at radius 2 is 1.90 bits per heavy atom. The number of ether oxygens (including phenoxy) is 1. The van der Waals surface area contributed by atoms with E-state index in [1.165, 1.54) is 22.5 Å². The van der Waals surface area contributed by atoms with E-state index in [9.17, 15) is 13.2 Å². The molecule has 1 N–H and O–H groups in total. The van der Waals surface area contributed by atoms with Gasteiger partial charge in [-0.05, 0) is 31.0 Å². The first-order valence-electron chi connectivity index (χ1n) is 9.81. The number of carbonyl (C=O) groups excluding carboxylic acids is 1. The lowest BCUT2D eigenvalue weighted by Crippen LogP contribution is -2.32. The number of hydrogen-bond acceptors (Lipinski definition) is 5. The molecule has 6 nitrogen and oxygen atoms in total. The summed E-state index contributed by atoms with van der Waals surface area (Å²) in [7, 11) is -1.92. The summed E-state index contributed by atoms with van der Waals surface area (Å²) in [5.41, 5.74) is 3.05. The molecular formula is C22H30N2O4S2. The molecule has 0 bridgehead atoms. The summed E-state index contributed by atoms with van der Waals surface area (Å²) in [6.07, 6.45) is 1.88. The number of anilines is 1. The molecule has 0 aromatic heterocycles. The van der Waals surface area contributed by atoms with Crippen molar-refractivity contribution in [2.24, 2.45) is 0 Å². The van der Waals surface area contributed by atoms with Crippen LogP contribution in [0.4, 0.5) is 5.69 Å². The molecule has 0 atom stereocenters. The molecule has 0 saturated carbocycles. The molecule has 0 heterocycles. The van der Waals surface area contributed by atoms with E-state index in [0.29, 0.717) is 24.4 Å². The fraction of sp³-hybridized carbons (Fsp3) is 0.409. The number of nitrogens with one attached hydrogen (secondary N) is 1. The number of aryl methyl sites for hydroxylation is 1. The summed E-state index contributed by atoms with van der Waals surface area (Å²) in [4.78, 5) is 12.1. The third kappa shape index (κ3) is 8.28. The third-order valence-electron chi connectivity index (χ3n) is 4.46. The number of thioether (sulfide) groups is 1. The van der Waals surface area contributed by atoms with Crippen molar-refractivity contribution in [1.82, 2.24) is 5.32 Å². The predicted molar refractivity (Wildman–Crippen MR) is 125 cm³/mol. The van der Waals surface area contributed by atoms with E-state index in [1.54, 1.807) is 36.0 Å². The van der Waals surface area contributed by atoms with Gasteiger partial charge in [-0.15, -0.1) is 0 Å². The quantitative estimate of drug-likeness (QED) is 0.500. The number of rotatable bonds is 12. The normalized spacial score (nSPS) is 11.2. The van der Waals surface area contributed by atoms with Crippen molar-refractivity contribution < 1.29 is 17.9 Å². The second kappa shape index (κ2) is 11.9. The Hall–Kier alpha value is -2.19. The maximum absolute atomic E-state index is 12.2. The first kappa shape index (κ1) is 24.1. The van der Waals surface area contributed by atoms with Gasteiger partial charge in [0.15, 0.2) is 0 Å². The Morgan fingerprint density at radius 3 is 2.57 bits per heavy atom. The summed E-state index contributed by atoms with van der Waals surface area (Å²) in [5, 5.41) is 2.90. The molecule has 0 aliphatic rings. The first-order valence-corrected chi connectivity index (χ1v) is 12.8. The maximum Gasteiger partial charge on any atom is 0.232 e. The molecule has 0 fully saturated rings. The minimum absolute atomic E-state index is 0.0648. The molecule has 0 aliphatic heterocycles. The predicted octanol–water partition coefficient (Wildman–Crippen LogP) is 3.60. The number of benzene rings is 2. The Morgan fingerprint density at radius 1 is 1.17 bits per heavy atom. The lowest BCUT2D eigenvalue weighted by Gasteiger charge is -2.22. The highest BCUT2D eigenvalue weighted by Gasteiger charge is 2.18. The van der Waals surface area contributed by atoms with Crippen LogP contribution in [0, 0.1) is 6.92 Å². The Bertz CT molecular complexity index is 915. The summed E-state index contributed by atoms with van der Waals surface area (Å²) >= 11 is 1.77. The minimum atomic E-state index is -3.45. The van der Waals surface area contributed by atoms with Crippen LogP contribution in [-0.4, -0.2) is 46.5 Å². The fourth-order valence-electron chi connectivity index (χ4n) is 2.86. The fourth-order valence-corrected chi connectivity index (χ4v) is 4.64. The second-order valence-electron chi connectivity index (χ2n) is 7.03. The SMILES string of the molecule is COc1cccc(N(CCCC(=O)NCCSCc2ccc(C)cc2)S(C)(=O)=O)c1. The highest BCUT2D eigenvalue weighted by molar-refractivity contribution is 7.98. The molecule has 8 heteroatoms. The van der Waals surface area contributed by atoms with Crippen LogP contribution in [0.5, 0.6) is 5.75 Å². The van der Waals surface area contributed by atoms with E-state index >= 15 is 0 Å². The van der Waals surface area contributed by atoms with E-state index in [4.69, 9.17) is 4.74 Å². The third-order valence-corrected chi connectivity index (χ3v) is 6.69. The van der Waals surface area contributed by atoms with Crippen molar-refractivity contribution in [2.75, 3.05) is 36.5 Å². The van der Waals surface area contributed by atoms with Gasteiger partial charge in [-0.1, -0.05) is 35.9 Å². The molecule has 164 valence electrons. The molecule has 2 rings (SSSR count). The van der Waals surface area contributed by atoms with Crippen LogP contribution in [-0.2, 0) is 20.6 Å². The summed E-state index contributed by atoms with van der Waals surface area (Å²) in [6.45, 7) is 2.90. The van der Waals surface area contributed by atoms with Crippen molar-refractivity contribution in [3.8, 4) is 5.75 Å². The van der Waals surface area contributed by atoms with Crippen LogP contribution in [0.15, 0.2) is 48.5 Å². The minimum Gasteiger partial charge on any atom is -0.497 e. The molecule has 1 amide bonds. The second-order valence-corrected chi connectivity index (χ2v) is 10.0. The number of nitrogens with zero attached hydrogens (tertiary/aromatic N) is 1.